The van der Waals surface area contributed by atoms with E-state index in [1.807, 2.05) is 16.8 Å². The molecule has 14 heavy (non-hydrogen) atoms. The van der Waals surface area contributed by atoms with Crippen LogP contribution in [-0.4, -0.2) is 17.1 Å². The Morgan fingerprint density at radius 1 is 1.79 bits per heavy atom. The molecule has 1 rings (SSSR count). The van der Waals surface area contributed by atoms with Crippen molar-refractivity contribution in [2.45, 2.75) is 18.4 Å². The topological polar surface area (TPSA) is 63.3 Å². The van der Waals surface area contributed by atoms with Gasteiger partial charge in [0.2, 0.25) is 0 Å². The predicted molar refractivity (Wildman–Crippen MR) is 56.1 cm³/mol. The van der Waals surface area contributed by atoms with E-state index < -0.39 is 12.0 Å². The molecule has 4 heteroatoms. The molecular formula is C10H11NO2S. The second-order valence-corrected chi connectivity index (χ2v) is 3.74. The molecule has 2 atom stereocenters. The van der Waals surface area contributed by atoms with Crippen molar-refractivity contribution < 1.29 is 9.90 Å². The highest BCUT2D eigenvalue weighted by Gasteiger charge is 2.18. The van der Waals surface area contributed by atoms with Gasteiger partial charge in [0.05, 0.1) is 0 Å². The minimum absolute atomic E-state index is 0.202. The number of aliphatic carboxylic acids is 1. The number of terminal acetylenes is 1. The summed E-state index contributed by atoms with van der Waals surface area (Å²) in [6, 6.07) is 1.000. The summed E-state index contributed by atoms with van der Waals surface area (Å²) in [4.78, 5) is 10.5. The van der Waals surface area contributed by atoms with Crippen molar-refractivity contribution in [2.24, 2.45) is 5.73 Å². The van der Waals surface area contributed by atoms with E-state index in [-0.39, 0.29) is 12.3 Å². The fourth-order valence-corrected chi connectivity index (χ4v) is 1.84. The predicted octanol–water partition coefficient (Wildman–Crippen LogP) is 1.27. The SMILES string of the molecule is C#C[C@@H](C[C@H](N)C(=O)O)c1ccsc1. The van der Waals surface area contributed by atoms with Gasteiger partial charge in [-0.15, -0.1) is 6.42 Å². The van der Waals surface area contributed by atoms with Crippen LogP contribution < -0.4 is 5.73 Å². The molecule has 0 unspecified atom stereocenters. The summed E-state index contributed by atoms with van der Waals surface area (Å²) in [6.45, 7) is 0. The van der Waals surface area contributed by atoms with E-state index in [2.05, 4.69) is 5.92 Å². The van der Waals surface area contributed by atoms with Crippen LogP contribution in [0.25, 0.3) is 0 Å². The lowest BCUT2D eigenvalue weighted by Gasteiger charge is -2.11. The molecule has 0 aromatic carbocycles. The second-order valence-electron chi connectivity index (χ2n) is 2.96. The highest BCUT2D eigenvalue weighted by atomic mass is 32.1. The number of thiophene rings is 1. The normalized spacial score (nSPS) is 14.3. The largest absolute Gasteiger partial charge is 0.480 e. The van der Waals surface area contributed by atoms with Gasteiger partial charge < -0.3 is 10.8 Å². The van der Waals surface area contributed by atoms with Gasteiger partial charge in [-0.2, -0.15) is 11.3 Å². The number of nitrogens with two attached hydrogens (primary N) is 1. The Labute approximate surface area is 86.6 Å². The quantitative estimate of drug-likeness (QED) is 0.734. The number of hydrogen-bond donors (Lipinski definition) is 2. The van der Waals surface area contributed by atoms with Gasteiger partial charge in [-0.3, -0.25) is 4.79 Å². The number of carboxylic acids is 1. The maximum absolute atomic E-state index is 10.5. The summed E-state index contributed by atoms with van der Waals surface area (Å²) in [5, 5.41) is 12.5. The summed E-state index contributed by atoms with van der Waals surface area (Å²) in [5.41, 5.74) is 6.37. The third kappa shape index (κ3) is 2.59. The Morgan fingerprint density at radius 3 is 2.93 bits per heavy atom. The molecule has 1 aromatic rings. The van der Waals surface area contributed by atoms with Gasteiger partial charge in [0.15, 0.2) is 0 Å². The van der Waals surface area contributed by atoms with Crippen LogP contribution in [-0.2, 0) is 4.79 Å². The molecule has 0 saturated carbocycles. The first-order valence-electron chi connectivity index (χ1n) is 4.11. The molecule has 0 saturated heterocycles. The lowest BCUT2D eigenvalue weighted by atomic mass is 9.95. The van der Waals surface area contributed by atoms with E-state index in [1.54, 1.807) is 0 Å². The van der Waals surface area contributed by atoms with Gasteiger partial charge in [-0.1, -0.05) is 5.92 Å². The molecule has 3 N–H and O–H groups in total. The molecule has 0 aliphatic carbocycles. The van der Waals surface area contributed by atoms with Crippen LogP contribution in [0.2, 0.25) is 0 Å². The Bertz CT molecular complexity index is 340. The van der Waals surface area contributed by atoms with E-state index in [4.69, 9.17) is 17.3 Å². The molecule has 1 aromatic heterocycles. The van der Waals surface area contributed by atoms with Gasteiger partial charge in [-0.25, -0.2) is 0 Å². The van der Waals surface area contributed by atoms with Crippen molar-refractivity contribution in [3.8, 4) is 12.3 Å². The maximum atomic E-state index is 10.5. The molecule has 3 nitrogen and oxygen atoms in total. The molecule has 1 heterocycles. The molecule has 74 valence electrons. The lowest BCUT2D eigenvalue weighted by molar-refractivity contribution is -0.138. The first-order valence-corrected chi connectivity index (χ1v) is 5.06. The Hall–Kier alpha value is -1.31. The van der Waals surface area contributed by atoms with Crippen LogP contribution in [0.5, 0.6) is 0 Å². The van der Waals surface area contributed by atoms with Gasteiger partial charge in [0.25, 0.3) is 0 Å². The van der Waals surface area contributed by atoms with Crippen LogP contribution in [0.3, 0.4) is 0 Å². The second kappa shape index (κ2) is 4.80. The average Bonchev–Trinajstić information content (AvgIpc) is 2.66. The molecule has 0 fully saturated rings. The highest BCUT2D eigenvalue weighted by Crippen LogP contribution is 2.22. The van der Waals surface area contributed by atoms with Gasteiger partial charge in [-0.05, 0) is 28.8 Å². The molecule has 0 aliphatic heterocycles. The Kier molecular flexibility index (Phi) is 3.69. The average molecular weight is 209 g/mol. The van der Waals surface area contributed by atoms with Crippen molar-refractivity contribution in [1.29, 1.82) is 0 Å². The molecule has 0 bridgehead atoms. The van der Waals surface area contributed by atoms with E-state index in [0.29, 0.717) is 0 Å². The van der Waals surface area contributed by atoms with Gasteiger partial charge in [0.1, 0.15) is 6.04 Å². The number of hydrogen-bond acceptors (Lipinski definition) is 3. The van der Waals surface area contributed by atoms with Crippen molar-refractivity contribution in [3.63, 3.8) is 0 Å². The minimum atomic E-state index is -1.01. The maximum Gasteiger partial charge on any atom is 0.320 e. The summed E-state index contributed by atoms with van der Waals surface area (Å²) in [7, 11) is 0. The summed E-state index contributed by atoms with van der Waals surface area (Å²) >= 11 is 1.53. The van der Waals surface area contributed by atoms with E-state index in [1.165, 1.54) is 11.3 Å². The van der Waals surface area contributed by atoms with Crippen molar-refractivity contribution in [2.75, 3.05) is 0 Å². The number of carbonyl (C=O) groups is 1. The van der Waals surface area contributed by atoms with E-state index in [9.17, 15) is 4.79 Å². The van der Waals surface area contributed by atoms with Crippen molar-refractivity contribution in [1.82, 2.24) is 0 Å². The smallest absolute Gasteiger partial charge is 0.320 e. The fraction of sp³-hybridized carbons (Fsp3) is 0.300. The number of rotatable bonds is 4. The summed E-state index contributed by atoms with van der Waals surface area (Å²) in [5.74, 6) is 1.34. The summed E-state index contributed by atoms with van der Waals surface area (Å²) < 4.78 is 0. The van der Waals surface area contributed by atoms with Gasteiger partial charge >= 0.3 is 5.97 Å². The fourth-order valence-electron chi connectivity index (χ4n) is 1.13. The minimum Gasteiger partial charge on any atom is -0.480 e. The first-order chi connectivity index (χ1) is 6.65. The standard InChI is InChI=1S/C10H11NO2S/c1-2-7(5-9(11)10(12)13)8-3-4-14-6-8/h1,3-4,6-7,9H,5,11H2,(H,12,13)/t7-,9-/m0/s1. The Balaban J connectivity index is 2.66. The first kappa shape index (κ1) is 10.8. The number of carboxylic acid groups (broad SMARTS) is 1. The molecule has 0 amide bonds. The third-order valence-electron chi connectivity index (χ3n) is 1.95. The summed E-state index contributed by atoms with van der Waals surface area (Å²) in [6.07, 6.45) is 5.60. The third-order valence-corrected chi connectivity index (χ3v) is 2.66. The highest BCUT2D eigenvalue weighted by molar-refractivity contribution is 7.08. The van der Waals surface area contributed by atoms with Crippen LogP contribution in [0.15, 0.2) is 16.8 Å². The van der Waals surface area contributed by atoms with Gasteiger partial charge in [0, 0.05) is 5.92 Å². The lowest BCUT2D eigenvalue weighted by Crippen LogP contribution is -2.31. The van der Waals surface area contributed by atoms with Crippen LogP contribution in [0.1, 0.15) is 17.9 Å². The monoisotopic (exact) mass is 209 g/mol. The van der Waals surface area contributed by atoms with Crippen LogP contribution in [0, 0.1) is 12.3 Å². The molecule has 0 spiro atoms. The van der Waals surface area contributed by atoms with Crippen molar-refractivity contribution >= 4 is 17.3 Å². The Morgan fingerprint density at radius 2 is 2.50 bits per heavy atom. The zero-order valence-electron chi connectivity index (χ0n) is 7.51. The molecular weight excluding hydrogens is 198 g/mol. The zero-order valence-corrected chi connectivity index (χ0v) is 8.33. The van der Waals surface area contributed by atoms with Crippen LogP contribution in [0.4, 0.5) is 0 Å². The zero-order chi connectivity index (χ0) is 10.6. The molecule has 0 radical (unpaired) electrons. The molecule has 0 aliphatic rings. The van der Waals surface area contributed by atoms with E-state index >= 15 is 0 Å². The van der Waals surface area contributed by atoms with E-state index in [0.717, 1.165) is 5.56 Å². The van der Waals surface area contributed by atoms with Crippen LogP contribution >= 0.6 is 11.3 Å². The van der Waals surface area contributed by atoms with Crippen molar-refractivity contribution in [3.05, 3.63) is 22.4 Å².